The third-order valence-electron chi connectivity index (χ3n) is 2.31. The van der Waals surface area contributed by atoms with E-state index in [1.165, 1.54) is 18.2 Å². The number of alkyl halides is 3. The molecule has 0 aromatic heterocycles. The van der Waals surface area contributed by atoms with Crippen LogP contribution in [0.15, 0.2) is 24.3 Å². The third kappa shape index (κ3) is 4.25. The Labute approximate surface area is 101 Å². The lowest BCUT2D eigenvalue weighted by molar-refractivity contribution is -0.190. The van der Waals surface area contributed by atoms with Crippen molar-refractivity contribution < 1.29 is 27.4 Å². The highest BCUT2D eigenvalue weighted by atomic mass is 19.4. The van der Waals surface area contributed by atoms with Gasteiger partial charge in [-0.05, 0) is 6.07 Å². The fraction of sp³-hybridized carbons (Fsp3) is 0.455. The van der Waals surface area contributed by atoms with Gasteiger partial charge in [0, 0.05) is 5.56 Å². The fourth-order valence-corrected chi connectivity index (χ4v) is 1.42. The van der Waals surface area contributed by atoms with Gasteiger partial charge in [0.15, 0.2) is 0 Å². The summed E-state index contributed by atoms with van der Waals surface area (Å²) in [6, 6.07) is 4.22. The molecule has 0 aliphatic rings. The lowest BCUT2D eigenvalue weighted by atomic mass is 10.0. The molecule has 1 rings (SSSR count). The molecule has 1 aromatic carbocycles. The Bertz CT molecular complexity index is 384. The lowest BCUT2D eigenvalue weighted by Gasteiger charge is -2.23. The van der Waals surface area contributed by atoms with E-state index in [0.717, 1.165) is 6.07 Å². The van der Waals surface area contributed by atoms with Crippen molar-refractivity contribution in [1.29, 1.82) is 0 Å². The zero-order chi connectivity index (χ0) is 13.8. The molecule has 0 aliphatic heterocycles. The second-order valence-electron chi connectivity index (χ2n) is 3.69. The fourth-order valence-electron chi connectivity index (χ4n) is 1.42. The number of halogens is 4. The summed E-state index contributed by atoms with van der Waals surface area (Å²) in [6.45, 7) is -2.27. The maximum Gasteiger partial charge on any atom is 0.411 e. The van der Waals surface area contributed by atoms with E-state index in [0.29, 0.717) is 0 Å². The number of ether oxygens (including phenoxy) is 1. The van der Waals surface area contributed by atoms with Crippen LogP contribution in [0.2, 0.25) is 0 Å². The van der Waals surface area contributed by atoms with Crippen LogP contribution in [0.3, 0.4) is 0 Å². The molecule has 7 heteroatoms. The largest absolute Gasteiger partial charge is 0.411 e. The second kappa shape index (κ2) is 6.12. The first kappa shape index (κ1) is 14.9. The van der Waals surface area contributed by atoms with E-state index in [2.05, 4.69) is 4.74 Å². The quantitative estimate of drug-likeness (QED) is 0.799. The van der Waals surface area contributed by atoms with Crippen molar-refractivity contribution in [3.63, 3.8) is 0 Å². The van der Waals surface area contributed by atoms with Crippen molar-refractivity contribution in [1.82, 2.24) is 0 Å². The average Bonchev–Trinajstić information content (AvgIpc) is 2.28. The van der Waals surface area contributed by atoms with E-state index >= 15 is 0 Å². The Morgan fingerprint density at radius 2 is 1.89 bits per heavy atom. The normalized spacial score (nSPS) is 15.4. The molecule has 2 atom stereocenters. The van der Waals surface area contributed by atoms with Crippen molar-refractivity contribution in [3.8, 4) is 0 Å². The lowest BCUT2D eigenvalue weighted by Crippen LogP contribution is -2.35. The van der Waals surface area contributed by atoms with Crippen molar-refractivity contribution >= 4 is 0 Å². The van der Waals surface area contributed by atoms with Crippen molar-refractivity contribution in [2.75, 3.05) is 13.2 Å². The monoisotopic (exact) mass is 267 g/mol. The Balaban J connectivity index is 2.74. The minimum absolute atomic E-state index is 0.00118. The van der Waals surface area contributed by atoms with Crippen molar-refractivity contribution in [2.24, 2.45) is 5.73 Å². The molecule has 102 valence electrons. The molecule has 18 heavy (non-hydrogen) atoms. The van der Waals surface area contributed by atoms with Crippen LogP contribution >= 0.6 is 0 Å². The summed E-state index contributed by atoms with van der Waals surface area (Å²) >= 11 is 0. The Morgan fingerprint density at radius 3 is 2.39 bits per heavy atom. The van der Waals surface area contributed by atoms with Crippen LogP contribution in [0.5, 0.6) is 0 Å². The molecule has 0 aliphatic carbocycles. The number of benzene rings is 1. The highest BCUT2D eigenvalue weighted by Crippen LogP contribution is 2.22. The van der Waals surface area contributed by atoms with Gasteiger partial charge in [-0.25, -0.2) is 4.39 Å². The van der Waals surface area contributed by atoms with Gasteiger partial charge in [0.1, 0.15) is 18.5 Å². The van der Waals surface area contributed by atoms with E-state index < -0.39 is 37.4 Å². The molecule has 0 amide bonds. The van der Waals surface area contributed by atoms with E-state index in [-0.39, 0.29) is 5.56 Å². The third-order valence-corrected chi connectivity index (χ3v) is 2.31. The van der Waals surface area contributed by atoms with Crippen LogP contribution in [-0.2, 0) is 4.74 Å². The highest BCUT2D eigenvalue weighted by Gasteiger charge is 2.31. The molecular weight excluding hydrogens is 254 g/mol. The molecule has 0 fully saturated rings. The van der Waals surface area contributed by atoms with Gasteiger partial charge in [-0.3, -0.25) is 0 Å². The maximum absolute atomic E-state index is 13.4. The van der Waals surface area contributed by atoms with Gasteiger partial charge in [-0.1, -0.05) is 18.2 Å². The van der Waals surface area contributed by atoms with Crippen LogP contribution in [0.4, 0.5) is 17.6 Å². The number of nitrogens with two attached hydrogens (primary N) is 1. The zero-order valence-electron chi connectivity index (χ0n) is 9.32. The van der Waals surface area contributed by atoms with Crippen LogP contribution < -0.4 is 5.73 Å². The molecule has 0 saturated carbocycles. The van der Waals surface area contributed by atoms with Gasteiger partial charge in [-0.2, -0.15) is 13.2 Å². The summed E-state index contributed by atoms with van der Waals surface area (Å²) in [5, 5.41) is 8.95. The molecular formula is C11H13F4NO2. The number of aliphatic hydroxyl groups is 1. The van der Waals surface area contributed by atoms with Crippen molar-refractivity contribution in [3.05, 3.63) is 35.6 Å². The first-order chi connectivity index (χ1) is 8.35. The molecule has 0 heterocycles. The van der Waals surface area contributed by atoms with E-state index in [1.807, 2.05) is 0 Å². The van der Waals surface area contributed by atoms with Gasteiger partial charge in [0.2, 0.25) is 0 Å². The molecule has 3 N–H and O–H groups in total. The highest BCUT2D eigenvalue weighted by molar-refractivity contribution is 5.21. The SMILES string of the molecule is NC(c1ccccc1F)[C@H](CO)OCC(F)(F)F. The van der Waals surface area contributed by atoms with Crippen molar-refractivity contribution in [2.45, 2.75) is 18.3 Å². The molecule has 3 nitrogen and oxygen atoms in total. The molecule has 0 radical (unpaired) electrons. The summed E-state index contributed by atoms with van der Waals surface area (Å²) in [5.41, 5.74) is 5.59. The maximum atomic E-state index is 13.4. The van der Waals surface area contributed by atoms with E-state index in [1.54, 1.807) is 0 Å². The number of hydrogen-bond donors (Lipinski definition) is 2. The summed E-state index contributed by atoms with van der Waals surface area (Å²) in [6.07, 6.45) is -5.84. The summed E-state index contributed by atoms with van der Waals surface area (Å²) in [7, 11) is 0. The van der Waals surface area contributed by atoms with Gasteiger partial charge in [-0.15, -0.1) is 0 Å². The second-order valence-corrected chi connectivity index (χ2v) is 3.69. The number of rotatable bonds is 5. The molecule has 0 saturated heterocycles. The number of hydrogen-bond acceptors (Lipinski definition) is 3. The average molecular weight is 267 g/mol. The van der Waals surface area contributed by atoms with Gasteiger partial charge < -0.3 is 15.6 Å². The minimum atomic E-state index is -4.53. The van der Waals surface area contributed by atoms with Crippen LogP contribution in [0, 0.1) is 5.82 Å². The standard InChI is InChI=1S/C11H13F4NO2/c12-8-4-2-1-3-7(8)10(16)9(5-17)18-6-11(13,14)15/h1-4,9-10,17H,5-6,16H2/t9-,10?/m0/s1. The van der Waals surface area contributed by atoms with Crippen LogP contribution in [-0.4, -0.2) is 30.6 Å². The number of aliphatic hydroxyl groups excluding tert-OH is 1. The van der Waals surface area contributed by atoms with Gasteiger partial charge >= 0.3 is 6.18 Å². The van der Waals surface area contributed by atoms with Crippen LogP contribution in [0.1, 0.15) is 11.6 Å². The Hall–Kier alpha value is -1.18. The van der Waals surface area contributed by atoms with Crippen LogP contribution in [0.25, 0.3) is 0 Å². The van der Waals surface area contributed by atoms with Gasteiger partial charge in [0.25, 0.3) is 0 Å². The van der Waals surface area contributed by atoms with Gasteiger partial charge in [0.05, 0.1) is 12.6 Å². The smallest absolute Gasteiger partial charge is 0.394 e. The van der Waals surface area contributed by atoms with E-state index in [4.69, 9.17) is 10.8 Å². The topological polar surface area (TPSA) is 55.5 Å². The predicted molar refractivity (Wildman–Crippen MR) is 56.2 cm³/mol. The molecule has 0 spiro atoms. The zero-order valence-corrected chi connectivity index (χ0v) is 9.32. The predicted octanol–water partition coefficient (Wildman–Crippen LogP) is 1.77. The first-order valence-corrected chi connectivity index (χ1v) is 5.14. The van der Waals surface area contributed by atoms with E-state index in [9.17, 15) is 17.6 Å². The Kier molecular flexibility index (Phi) is 5.06. The molecule has 1 unspecified atom stereocenters. The molecule has 1 aromatic rings. The summed E-state index contributed by atoms with van der Waals surface area (Å²) in [4.78, 5) is 0. The Morgan fingerprint density at radius 1 is 1.28 bits per heavy atom. The first-order valence-electron chi connectivity index (χ1n) is 5.14. The molecule has 0 bridgehead atoms. The summed E-state index contributed by atoms with van der Waals surface area (Å²) in [5.74, 6) is -0.654. The summed E-state index contributed by atoms with van der Waals surface area (Å²) < 4.78 is 53.8. The minimum Gasteiger partial charge on any atom is -0.394 e.